The van der Waals surface area contributed by atoms with E-state index in [4.69, 9.17) is 4.74 Å². The van der Waals surface area contributed by atoms with Crippen molar-refractivity contribution in [2.45, 2.75) is 13.5 Å². The van der Waals surface area contributed by atoms with Gasteiger partial charge in [0.25, 0.3) is 0 Å². The van der Waals surface area contributed by atoms with Gasteiger partial charge in [0, 0.05) is 17.8 Å². The minimum atomic E-state index is -0.303. The van der Waals surface area contributed by atoms with Crippen molar-refractivity contribution < 1.29 is 9.53 Å². The summed E-state index contributed by atoms with van der Waals surface area (Å²) in [4.78, 5) is 12.6. The van der Waals surface area contributed by atoms with Gasteiger partial charge in [0.2, 0.25) is 0 Å². The Kier molecular flexibility index (Phi) is 6.77. The van der Waals surface area contributed by atoms with Gasteiger partial charge in [-0.25, -0.2) is 4.79 Å². The van der Waals surface area contributed by atoms with Crippen LogP contribution in [0.15, 0.2) is 96.7 Å². The van der Waals surface area contributed by atoms with E-state index >= 15 is 0 Å². The fourth-order valence-corrected chi connectivity index (χ4v) is 4.10. The Bertz CT molecular complexity index is 1470. The van der Waals surface area contributed by atoms with Gasteiger partial charge < -0.3 is 26.1 Å². The van der Waals surface area contributed by atoms with Crippen LogP contribution >= 0.6 is 0 Å². The molecule has 0 bridgehead atoms. The third-order valence-electron chi connectivity index (χ3n) is 6.00. The zero-order chi connectivity index (χ0) is 25.6. The standard InChI is InChI=1S/C29H26N6O2/c1-20-26(34-29(36)31-17-21-8-4-2-5-9-21)19-35-28(20)27(22(16-30)18-32-35)33-23-12-14-25(15-13-23)37-24-10-6-3-7-11-24/h2-15,19,32-33H,17-18H2,1H3,(H2,31,34,36). The van der Waals surface area contributed by atoms with Crippen LogP contribution in [0, 0.1) is 18.3 Å². The van der Waals surface area contributed by atoms with Gasteiger partial charge in [-0.15, -0.1) is 0 Å². The number of nitrogens with zero attached hydrogens (tertiary/aromatic N) is 2. The third-order valence-corrected chi connectivity index (χ3v) is 6.00. The average Bonchev–Trinajstić information content (AvgIpc) is 3.25. The van der Waals surface area contributed by atoms with Gasteiger partial charge in [0.15, 0.2) is 0 Å². The first-order valence-electron chi connectivity index (χ1n) is 11.9. The number of urea groups is 1. The zero-order valence-electron chi connectivity index (χ0n) is 20.3. The number of ether oxygens (including phenoxy) is 1. The second-order valence-electron chi connectivity index (χ2n) is 8.54. The molecule has 0 saturated carbocycles. The minimum Gasteiger partial charge on any atom is -0.457 e. The monoisotopic (exact) mass is 490 g/mol. The molecule has 0 saturated heterocycles. The normalized spacial score (nSPS) is 12.1. The van der Waals surface area contributed by atoms with Crippen LogP contribution in [0.5, 0.6) is 11.5 Å². The smallest absolute Gasteiger partial charge is 0.319 e. The first-order valence-corrected chi connectivity index (χ1v) is 11.9. The molecule has 37 heavy (non-hydrogen) atoms. The lowest BCUT2D eigenvalue weighted by Gasteiger charge is -2.23. The Morgan fingerprint density at radius 1 is 1.00 bits per heavy atom. The number of benzene rings is 3. The van der Waals surface area contributed by atoms with Crippen LogP contribution in [-0.4, -0.2) is 17.3 Å². The summed E-state index contributed by atoms with van der Waals surface area (Å²) in [7, 11) is 0. The number of fused-ring (bicyclic) bond motifs is 1. The molecule has 2 heterocycles. The van der Waals surface area contributed by atoms with E-state index in [0.29, 0.717) is 35.8 Å². The van der Waals surface area contributed by atoms with Gasteiger partial charge in [-0.05, 0) is 48.9 Å². The summed E-state index contributed by atoms with van der Waals surface area (Å²) in [6.07, 6.45) is 1.82. The molecule has 8 heteroatoms. The summed E-state index contributed by atoms with van der Waals surface area (Å²) in [6, 6.07) is 28.8. The zero-order valence-corrected chi connectivity index (χ0v) is 20.3. The SMILES string of the molecule is Cc1c(NC(=O)NCc2ccccc2)cn2c1C(Nc1ccc(Oc3ccccc3)cc1)=C(C#N)CN2. The van der Waals surface area contributed by atoms with E-state index in [2.05, 4.69) is 27.4 Å². The Balaban J connectivity index is 1.32. The molecule has 1 aromatic heterocycles. The fourth-order valence-electron chi connectivity index (χ4n) is 4.10. The van der Waals surface area contributed by atoms with Gasteiger partial charge in [0.1, 0.15) is 11.5 Å². The predicted octanol–water partition coefficient (Wildman–Crippen LogP) is 5.81. The topological polar surface area (TPSA) is 103 Å². The van der Waals surface area contributed by atoms with Gasteiger partial charge >= 0.3 is 6.03 Å². The first kappa shape index (κ1) is 23.6. The number of hydrogen-bond acceptors (Lipinski definition) is 5. The molecule has 0 fully saturated rings. The number of carbonyl (C=O) groups excluding carboxylic acids is 1. The summed E-state index contributed by atoms with van der Waals surface area (Å²) in [6.45, 7) is 2.70. The average molecular weight is 491 g/mol. The van der Waals surface area contributed by atoms with Gasteiger partial charge in [0.05, 0.1) is 41.5 Å². The van der Waals surface area contributed by atoms with E-state index in [0.717, 1.165) is 28.3 Å². The van der Waals surface area contributed by atoms with E-state index in [1.165, 1.54) is 0 Å². The quantitative estimate of drug-likeness (QED) is 0.262. The second kappa shape index (κ2) is 10.6. The van der Waals surface area contributed by atoms with E-state index in [1.54, 1.807) is 0 Å². The van der Waals surface area contributed by atoms with Crippen molar-refractivity contribution in [1.29, 1.82) is 5.26 Å². The highest BCUT2D eigenvalue weighted by Crippen LogP contribution is 2.33. The van der Waals surface area contributed by atoms with E-state index < -0.39 is 0 Å². The lowest BCUT2D eigenvalue weighted by atomic mass is 10.1. The van der Waals surface area contributed by atoms with Crippen molar-refractivity contribution in [1.82, 2.24) is 9.99 Å². The molecule has 4 N–H and O–H groups in total. The van der Waals surface area contributed by atoms with E-state index in [-0.39, 0.29) is 6.03 Å². The molecule has 4 aromatic rings. The molecule has 0 atom stereocenters. The molecular formula is C29H26N6O2. The largest absolute Gasteiger partial charge is 0.457 e. The number of carbonyl (C=O) groups is 1. The number of aromatic nitrogens is 1. The molecule has 0 aliphatic carbocycles. The van der Waals surface area contributed by atoms with Crippen LogP contribution < -0.4 is 26.1 Å². The molecule has 3 aromatic carbocycles. The van der Waals surface area contributed by atoms with Crippen LogP contribution in [0.3, 0.4) is 0 Å². The summed E-state index contributed by atoms with van der Waals surface area (Å²) >= 11 is 0. The van der Waals surface area contributed by atoms with E-state index in [1.807, 2.05) is 103 Å². The van der Waals surface area contributed by atoms with E-state index in [9.17, 15) is 10.1 Å². The number of rotatable bonds is 7. The lowest BCUT2D eigenvalue weighted by Crippen LogP contribution is -2.28. The van der Waals surface area contributed by atoms with Gasteiger partial charge in [-0.1, -0.05) is 48.5 Å². The molecule has 5 rings (SSSR count). The van der Waals surface area contributed by atoms with Crippen molar-refractivity contribution in [2.75, 3.05) is 22.6 Å². The second-order valence-corrected chi connectivity index (χ2v) is 8.54. The highest BCUT2D eigenvalue weighted by atomic mass is 16.5. The number of hydrogen-bond donors (Lipinski definition) is 4. The molecule has 0 radical (unpaired) electrons. The van der Waals surface area contributed by atoms with Crippen molar-refractivity contribution in [3.63, 3.8) is 0 Å². The summed E-state index contributed by atoms with van der Waals surface area (Å²) in [5.41, 5.74) is 8.56. The molecule has 184 valence electrons. The molecule has 1 aliphatic heterocycles. The summed E-state index contributed by atoms with van der Waals surface area (Å²) in [5.74, 6) is 1.47. The highest BCUT2D eigenvalue weighted by molar-refractivity contribution is 5.93. The Labute approximate surface area is 215 Å². The van der Waals surface area contributed by atoms with Crippen LogP contribution in [-0.2, 0) is 6.54 Å². The maximum atomic E-state index is 12.6. The fraction of sp³-hybridized carbons (Fsp3) is 0.103. The predicted molar refractivity (Wildman–Crippen MR) is 145 cm³/mol. The lowest BCUT2D eigenvalue weighted by molar-refractivity contribution is 0.251. The molecular weight excluding hydrogens is 464 g/mol. The minimum absolute atomic E-state index is 0.303. The summed E-state index contributed by atoms with van der Waals surface area (Å²) < 4.78 is 7.71. The maximum Gasteiger partial charge on any atom is 0.319 e. The van der Waals surface area contributed by atoms with Crippen molar-refractivity contribution >= 4 is 23.1 Å². The Morgan fingerprint density at radius 2 is 1.68 bits per heavy atom. The molecule has 2 amide bonds. The number of amides is 2. The van der Waals surface area contributed by atoms with Crippen LogP contribution in [0.2, 0.25) is 0 Å². The van der Waals surface area contributed by atoms with Crippen LogP contribution in [0.4, 0.5) is 16.2 Å². The van der Waals surface area contributed by atoms with Crippen LogP contribution in [0.25, 0.3) is 5.70 Å². The van der Waals surface area contributed by atoms with Crippen molar-refractivity contribution in [3.8, 4) is 17.6 Å². The highest BCUT2D eigenvalue weighted by Gasteiger charge is 2.24. The first-order chi connectivity index (χ1) is 18.1. The Morgan fingerprint density at radius 3 is 2.38 bits per heavy atom. The van der Waals surface area contributed by atoms with Crippen molar-refractivity contribution in [2.24, 2.45) is 0 Å². The van der Waals surface area contributed by atoms with Gasteiger partial charge in [-0.3, -0.25) is 4.68 Å². The molecule has 8 nitrogen and oxygen atoms in total. The number of nitriles is 1. The van der Waals surface area contributed by atoms with Crippen molar-refractivity contribution in [3.05, 3.63) is 114 Å². The van der Waals surface area contributed by atoms with Crippen LogP contribution in [0.1, 0.15) is 16.8 Å². The molecule has 0 spiro atoms. The number of para-hydroxylation sites is 1. The molecule has 0 unspecified atom stereocenters. The summed E-state index contributed by atoms with van der Waals surface area (Å²) in [5, 5.41) is 19.0. The molecule has 1 aliphatic rings. The van der Waals surface area contributed by atoms with Gasteiger partial charge in [-0.2, -0.15) is 5.26 Å². The number of anilines is 2. The Hall–Kier alpha value is -5.16. The third kappa shape index (κ3) is 5.41. The number of nitrogens with one attached hydrogen (secondary N) is 4. The maximum absolute atomic E-state index is 12.6.